The van der Waals surface area contributed by atoms with Crippen molar-refractivity contribution in [2.24, 2.45) is 5.41 Å². The molecular weight excluding hydrogens is 242 g/mol. The molecule has 2 amide bonds. The van der Waals surface area contributed by atoms with Gasteiger partial charge in [-0.1, -0.05) is 20.8 Å². The molecule has 0 saturated carbocycles. The van der Waals surface area contributed by atoms with Crippen LogP contribution in [-0.2, 0) is 9.59 Å². The minimum Gasteiger partial charge on any atom is -0.356 e. The van der Waals surface area contributed by atoms with Crippen LogP contribution in [-0.4, -0.2) is 37.5 Å². The van der Waals surface area contributed by atoms with Crippen molar-refractivity contribution in [2.75, 3.05) is 19.6 Å². The highest BCUT2D eigenvalue weighted by Gasteiger charge is 2.20. The van der Waals surface area contributed by atoms with Gasteiger partial charge in [0.1, 0.15) is 0 Å². The van der Waals surface area contributed by atoms with Crippen LogP contribution in [0.5, 0.6) is 0 Å². The van der Waals surface area contributed by atoms with Crippen molar-refractivity contribution in [3.63, 3.8) is 0 Å². The number of hydrogen-bond donors (Lipinski definition) is 3. The molecule has 5 nitrogen and oxygen atoms in total. The molecule has 0 aromatic heterocycles. The number of carbonyl (C=O) groups is 2. The molecule has 1 rings (SSSR count). The van der Waals surface area contributed by atoms with Gasteiger partial charge in [-0.05, 0) is 32.4 Å². The summed E-state index contributed by atoms with van der Waals surface area (Å²) in [5.74, 6) is 0.128. The Morgan fingerprint density at radius 1 is 1.21 bits per heavy atom. The number of carbonyl (C=O) groups excluding carboxylic acids is 2. The molecule has 0 aliphatic carbocycles. The molecule has 0 spiro atoms. The Hall–Kier alpha value is -1.10. The van der Waals surface area contributed by atoms with Gasteiger partial charge in [0.05, 0.1) is 0 Å². The summed E-state index contributed by atoms with van der Waals surface area (Å²) in [6.07, 6.45) is 3.19. The number of piperidine rings is 1. The van der Waals surface area contributed by atoms with Crippen molar-refractivity contribution in [1.29, 1.82) is 0 Å². The second-order valence-electron chi connectivity index (χ2n) is 6.20. The molecule has 1 saturated heterocycles. The van der Waals surface area contributed by atoms with Crippen LogP contribution >= 0.6 is 0 Å². The lowest BCUT2D eigenvalue weighted by atomic mass is 9.96. The second-order valence-corrected chi connectivity index (χ2v) is 6.20. The molecule has 0 atom stereocenters. The zero-order valence-electron chi connectivity index (χ0n) is 12.3. The van der Waals surface area contributed by atoms with Gasteiger partial charge in [0.15, 0.2) is 0 Å². The molecule has 1 fully saturated rings. The first kappa shape index (κ1) is 16.0. The quantitative estimate of drug-likeness (QED) is 0.647. The lowest BCUT2D eigenvalue weighted by Gasteiger charge is -2.23. The Bertz CT molecular complexity index is 304. The fourth-order valence-electron chi connectivity index (χ4n) is 1.98. The number of amides is 2. The SMILES string of the molecule is CC(C)(C)C(=O)NCCCC(=O)NC1CCNCC1. The van der Waals surface area contributed by atoms with E-state index < -0.39 is 0 Å². The first-order valence-corrected chi connectivity index (χ1v) is 7.18. The van der Waals surface area contributed by atoms with Crippen LogP contribution in [0.2, 0.25) is 0 Å². The average molecular weight is 269 g/mol. The van der Waals surface area contributed by atoms with Crippen LogP contribution in [0.1, 0.15) is 46.5 Å². The number of hydrogen-bond acceptors (Lipinski definition) is 3. The smallest absolute Gasteiger partial charge is 0.225 e. The van der Waals surface area contributed by atoms with Crippen molar-refractivity contribution in [3.05, 3.63) is 0 Å². The average Bonchev–Trinajstić information content (AvgIpc) is 2.34. The summed E-state index contributed by atoms with van der Waals surface area (Å²) in [6, 6.07) is 0.318. The van der Waals surface area contributed by atoms with Crippen molar-refractivity contribution in [2.45, 2.75) is 52.5 Å². The standard InChI is InChI=1S/C14H27N3O2/c1-14(2,3)13(19)16-8-4-5-12(18)17-11-6-9-15-10-7-11/h11,15H,4-10H2,1-3H3,(H,16,19)(H,17,18). The molecule has 19 heavy (non-hydrogen) atoms. The van der Waals surface area contributed by atoms with E-state index in [4.69, 9.17) is 0 Å². The highest BCUT2D eigenvalue weighted by atomic mass is 16.2. The van der Waals surface area contributed by atoms with Gasteiger partial charge in [-0.3, -0.25) is 9.59 Å². The fourth-order valence-corrected chi connectivity index (χ4v) is 1.98. The summed E-state index contributed by atoms with van der Waals surface area (Å²) < 4.78 is 0. The zero-order valence-corrected chi connectivity index (χ0v) is 12.3. The van der Waals surface area contributed by atoms with Gasteiger partial charge in [0.2, 0.25) is 11.8 Å². The van der Waals surface area contributed by atoms with Crippen molar-refractivity contribution >= 4 is 11.8 Å². The van der Waals surface area contributed by atoms with Crippen LogP contribution in [0, 0.1) is 5.41 Å². The first-order valence-electron chi connectivity index (χ1n) is 7.18. The Morgan fingerprint density at radius 3 is 2.42 bits per heavy atom. The second kappa shape index (κ2) is 7.48. The third kappa shape index (κ3) is 6.57. The van der Waals surface area contributed by atoms with E-state index in [0.717, 1.165) is 25.9 Å². The topological polar surface area (TPSA) is 70.2 Å². The van der Waals surface area contributed by atoms with Gasteiger partial charge in [-0.15, -0.1) is 0 Å². The van der Waals surface area contributed by atoms with Crippen LogP contribution in [0.25, 0.3) is 0 Å². The molecule has 1 heterocycles. The normalized spacial score (nSPS) is 17.0. The minimum atomic E-state index is -0.364. The zero-order chi connectivity index (χ0) is 14.3. The Kier molecular flexibility index (Phi) is 6.28. The Balaban J connectivity index is 2.08. The molecule has 1 aliphatic heterocycles. The fraction of sp³-hybridized carbons (Fsp3) is 0.857. The van der Waals surface area contributed by atoms with E-state index in [1.54, 1.807) is 0 Å². The monoisotopic (exact) mass is 269 g/mol. The van der Waals surface area contributed by atoms with Crippen molar-refractivity contribution < 1.29 is 9.59 Å². The molecular formula is C14H27N3O2. The van der Waals surface area contributed by atoms with Crippen LogP contribution < -0.4 is 16.0 Å². The van der Waals surface area contributed by atoms with Crippen LogP contribution in [0.4, 0.5) is 0 Å². The summed E-state index contributed by atoms with van der Waals surface area (Å²) in [5, 5.41) is 9.17. The number of rotatable bonds is 5. The van der Waals surface area contributed by atoms with Gasteiger partial charge < -0.3 is 16.0 Å². The van der Waals surface area contributed by atoms with Gasteiger partial charge in [0.25, 0.3) is 0 Å². The maximum absolute atomic E-state index is 11.7. The molecule has 5 heteroatoms. The number of nitrogens with one attached hydrogen (secondary N) is 3. The highest BCUT2D eigenvalue weighted by molar-refractivity contribution is 5.81. The van der Waals surface area contributed by atoms with E-state index in [9.17, 15) is 9.59 Å². The van der Waals surface area contributed by atoms with Crippen LogP contribution in [0.3, 0.4) is 0 Å². The van der Waals surface area contributed by atoms with E-state index in [2.05, 4.69) is 16.0 Å². The molecule has 1 aliphatic rings. The van der Waals surface area contributed by atoms with Crippen molar-refractivity contribution in [1.82, 2.24) is 16.0 Å². The lowest BCUT2D eigenvalue weighted by molar-refractivity contribution is -0.128. The van der Waals surface area contributed by atoms with Crippen molar-refractivity contribution in [3.8, 4) is 0 Å². The Labute approximate surface area is 115 Å². The lowest BCUT2D eigenvalue weighted by Crippen LogP contribution is -2.43. The third-order valence-electron chi connectivity index (χ3n) is 3.25. The highest BCUT2D eigenvalue weighted by Crippen LogP contribution is 2.12. The first-order chi connectivity index (χ1) is 8.89. The summed E-state index contributed by atoms with van der Waals surface area (Å²) in [4.78, 5) is 23.3. The summed E-state index contributed by atoms with van der Waals surface area (Å²) in [6.45, 7) is 8.17. The predicted molar refractivity (Wildman–Crippen MR) is 75.7 cm³/mol. The van der Waals surface area contributed by atoms with Gasteiger partial charge >= 0.3 is 0 Å². The van der Waals surface area contributed by atoms with Gasteiger partial charge in [-0.2, -0.15) is 0 Å². The van der Waals surface area contributed by atoms with E-state index in [-0.39, 0.29) is 17.2 Å². The van der Waals surface area contributed by atoms with Crippen LogP contribution in [0.15, 0.2) is 0 Å². The molecule has 0 aromatic carbocycles. The minimum absolute atomic E-state index is 0.0336. The van der Waals surface area contributed by atoms with E-state index in [1.807, 2.05) is 20.8 Å². The van der Waals surface area contributed by atoms with E-state index >= 15 is 0 Å². The van der Waals surface area contributed by atoms with Gasteiger partial charge in [-0.25, -0.2) is 0 Å². The maximum atomic E-state index is 11.7. The molecule has 0 bridgehead atoms. The van der Waals surface area contributed by atoms with Gasteiger partial charge in [0, 0.05) is 24.4 Å². The third-order valence-corrected chi connectivity index (χ3v) is 3.25. The molecule has 3 N–H and O–H groups in total. The summed E-state index contributed by atoms with van der Waals surface area (Å²) >= 11 is 0. The maximum Gasteiger partial charge on any atom is 0.225 e. The summed E-state index contributed by atoms with van der Waals surface area (Å²) in [5.41, 5.74) is -0.364. The summed E-state index contributed by atoms with van der Waals surface area (Å²) in [7, 11) is 0. The van der Waals surface area contributed by atoms with E-state index in [0.29, 0.717) is 25.4 Å². The molecule has 0 radical (unpaired) electrons. The molecule has 0 unspecified atom stereocenters. The largest absolute Gasteiger partial charge is 0.356 e. The predicted octanol–water partition coefficient (Wildman–Crippen LogP) is 0.797. The molecule has 110 valence electrons. The molecule has 0 aromatic rings. The Morgan fingerprint density at radius 2 is 1.84 bits per heavy atom. The van der Waals surface area contributed by atoms with E-state index in [1.165, 1.54) is 0 Å².